The van der Waals surface area contributed by atoms with Crippen molar-refractivity contribution < 1.29 is 22.7 Å². The summed E-state index contributed by atoms with van der Waals surface area (Å²) in [7, 11) is 1.62. The predicted octanol–water partition coefficient (Wildman–Crippen LogP) is 2.03. The highest BCUT2D eigenvalue weighted by Gasteiger charge is 2.37. The van der Waals surface area contributed by atoms with Gasteiger partial charge >= 0.3 is 6.09 Å². The molecule has 1 fully saturated rings. The molecule has 1 amide bonds. The Balaban J connectivity index is 1.88. The molecule has 1 aliphatic rings. The molecule has 0 aromatic heterocycles. The van der Waals surface area contributed by atoms with Crippen molar-refractivity contribution in [3.05, 3.63) is 35.9 Å². The van der Waals surface area contributed by atoms with Crippen molar-refractivity contribution in [1.82, 2.24) is 5.32 Å². The molecule has 1 aromatic carbocycles. The monoisotopic (exact) mass is 347 g/mol. The third kappa shape index (κ3) is 5.47. The quantitative estimate of drug-likeness (QED) is 0.796. The first-order valence-corrected chi connectivity index (χ1v) is 9.35. The number of nitrogens with one attached hydrogen (secondary N) is 1. The third-order valence-electron chi connectivity index (χ3n) is 3.51. The minimum Gasteiger partial charge on any atom is -0.445 e. The number of hydrogen-bond acceptors (Lipinski definition) is 5. The molecule has 1 heterocycles. The molecule has 1 unspecified atom stereocenters. The fraction of sp³-hybridized carbons (Fsp3) is 0.500. The van der Waals surface area contributed by atoms with E-state index in [4.69, 9.17) is 20.2 Å². The molecule has 1 aromatic rings. The van der Waals surface area contributed by atoms with E-state index in [1.54, 1.807) is 0 Å². The van der Waals surface area contributed by atoms with Crippen molar-refractivity contribution in [3.8, 4) is 0 Å². The summed E-state index contributed by atoms with van der Waals surface area (Å²) >= 11 is 0. The van der Waals surface area contributed by atoms with Crippen molar-refractivity contribution in [2.24, 2.45) is 0 Å². The number of amides is 1. The molecule has 1 saturated heterocycles. The van der Waals surface area contributed by atoms with E-state index in [9.17, 15) is 13.2 Å². The number of carbonyl (C=O) groups excluding carboxylic acids is 1. The largest absolute Gasteiger partial charge is 0.445 e. The van der Waals surface area contributed by atoms with Crippen LogP contribution in [0.15, 0.2) is 30.3 Å². The molecule has 0 spiro atoms. The molecule has 0 bridgehead atoms. The normalized spacial score (nSPS) is 21.5. The fourth-order valence-electron chi connectivity index (χ4n) is 2.26. The zero-order valence-electron chi connectivity index (χ0n) is 12.0. The van der Waals surface area contributed by atoms with E-state index >= 15 is 0 Å². The molecule has 122 valence electrons. The first-order valence-electron chi connectivity index (χ1n) is 6.88. The van der Waals surface area contributed by atoms with Crippen molar-refractivity contribution in [2.45, 2.75) is 25.0 Å². The minimum absolute atomic E-state index is 0.150. The molecule has 0 aliphatic carbocycles. The Labute approximate surface area is 134 Å². The molecule has 22 heavy (non-hydrogen) atoms. The van der Waals surface area contributed by atoms with Crippen LogP contribution in [-0.4, -0.2) is 39.0 Å². The van der Waals surface area contributed by atoms with Crippen LogP contribution in [0, 0.1) is 0 Å². The van der Waals surface area contributed by atoms with Crippen LogP contribution in [0.3, 0.4) is 0 Å². The van der Waals surface area contributed by atoms with Gasteiger partial charge in [0.1, 0.15) is 6.61 Å². The van der Waals surface area contributed by atoms with E-state index in [1.807, 2.05) is 30.3 Å². The number of hydrogen-bond donors (Lipinski definition) is 1. The summed E-state index contributed by atoms with van der Waals surface area (Å²) in [4.78, 5) is 11.9. The summed E-state index contributed by atoms with van der Waals surface area (Å²) in [6, 6.07) is 9.28. The zero-order valence-corrected chi connectivity index (χ0v) is 13.5. The Bertz CT molecular complexity index is 599. The molecule has 1 aliphatic heterocycles. The van der Waals surface area contributed by atoms with Gasteiger partial charge in [-0.05, 0) is 18.4 Å². The van der Waals surface area contributed by atoms with E-state index in [-0.39, 0.29) is 25.4 Å². The number of ether oxygens (including phenoxy) is 2. The second kappa shape index (κ2) is 7.30. The summed E-state index contributed by atoms with van der Waals surface area (Å²) in [6.07, 6.45) is 0.125. The van der Waals surface area contributed by atoms with E-state index in [2.05, 4.69) is 5.32 Å². The lowest BCUT2D eigenvalue weighted by Crippen LogP contribution is -2.50. The van der Waals surface area contributed by atoms with Gasteiger partial charge < -0.3 is 14.8 Å². The molecular weight excluding hydrogens is 330 g/mol. The topological polar surface area (TPSA) is 81.7 Å². The Morgan fingerprint density at radius 1 is 1.36 bits per heavy atom. The van der Waals surface area contributed by atoms with Gasteiger partial charge in [-0.1, -0.05) is 30.3 Å². The summed E-state index contributed by atoms with van der Waals surface area (Å²) in [5, 5.41) is 2.73. The van der Waals surface area contributed by atoms with Crippen LogP contribution in [-0.2, 0) is 25.1 Å². The number of rotatable bonds is 6. The van der Waals surface area contributed by atoms with Gasteiger partial charge in [-0.2, -0.15) is 0 Å². The van der Waals surface area contributed by atoms with E-state index < -0.39 is 20.7 Å². The minimum atomic E-state index is -3.62. The molecule has 1 N–H and O–H groups in total. The molecule has 0 saturated carbocycles. The lowest BCUT2D eigenvalue weighted by molar-refractivity contribution is 0.116. The Morgan fingerprint density at radius 2 is 2.09 bits per heavy atom. The summed E-state index contributed by atoms with van der Waals surface area (Å²) in [5.74, 6) is -0.225. The highest BCUT2D eigenvalue weighted by molar-refractivity contribution is 8.13. The van der Waals surface area contributed by atoms with Crippen LogP contribution in [0.1, 0.15) is 18.4 Å². The maximum absolute atomic E-state index is 11.9. The summed E-state index contributed by atoms with van der Waals surface area (Å²) < 4.78 is 32.7. The number of halogens is 1. The van der Waals surface area contributed by atoms with Crippen LogP contribution >= 0.6 is 10.7 Å². The fourth-order valence-corrected chi connectivity index (χ4v) is 3.12. The molecule has 6 nitrogen and oxygen atoms in total. The maximum Gasteiger partial charge on any atom is 0.407 e. The third-order valence-corrected chi connectivity index (χ3v) is 4.66. The molecule has 2 rings (SSSR count). The zero-order chi connectivity index (χ0) is 16.1. The highest BCUT2D eigenvalue weighted by Crippen LogP contribution is 2.24. The standard InChI is InChI=1S/C14H18ClNO5S/c15-22(18,19)9-7-14(6-8-20-11-14)16-13(17)21-10-12-4-2-1-3-5-12/h1-5H,6-11H2,(H,16,17). The molecule has 1 atom stereocenters. The average molecular weight is 348 g/mol. The summed E-state index contributed by atoms with van der Waals surface area (Å²) in [5.41, 5.74) is 0.133. The van der Waals surface area contributed by atoms with Crippen LogP contribution < -0.4 is 5.32 Å². The first-order chi connectivity index (χ1) is 10.4. The van der Waals surface area contributed by atoms with Crippen LogP contribution in [0.2, 0.25) is 0 Å². The highest BCUT2D eigenvalue weighted by atomic mass is 35.7. The maximum atomic E-state index is 11.9. The number of benzene rings is 1. The van der Waals surface area contributed by atoms with Gasteiger partial charge in [0.2, 0.25) is 9.05 Å². The van der Waals surface area contributed by atoms with Gasteiger partial charge in [-0.3, -0.25) is 0 Å². The van der Waals surface area contributed by atoms with E-state index in [0.717, 1.165) is 5.56 Å². The number of alkyl carbamates (subject to hydrolysis) is 1. The Morgan fingerprint density at radius 3 is 2.68 bits per heavy atom. The number of carbonyl (C=O) groups is 1. The first kappa shape index (κ1) is 17.1. The van der Waals surface area contributed by atoms with Gasteiger partial charge in [0.25, 0.3) is 0 Å². The van der Waals surface area contributed by atoms with E-state index in [1.165, 1.54) is 0 Å². The van der Waals surface area contributed by atoms with Gasteiger partial charge in [-0.25, -0.2) is 13.2 Å². The van der Waals surface area contributed by atoms with Crippen LogP contribution in [0.4, 0.5) is 4.79 Å². The summed E-state index contributed by atoms with van der Waals surface area (Å²) in [6.45, 7) is 0.860. The Kier molecular flexibility index (Phi) is 5.66. The SMILES string of the molecule is O=C(NC1(CCS(=O)(=O)Cl)CCOC1)OCc1ccccc1. The van der Waals surface area contributed by atoms with E-state index in [0.29, 0.717) is 13.0 Å². The van der Waals surface area contributed by atoms with Crippen LogP contribution in [0.5, 0.6) is 0 Å². The van der Waals surface area contributed by atoms with Crippen molar-refractivity contribution >= 4 is 25.8 Å². The second-order valence-corrected chi connectivity index (χ2v) is 8.16. The van der Waals surface area contributed by atoms with Crippen molar-refractivity contribution in [2.75, 3.05) is 19.0 Å². The lowest BCUT2D eigenvalue weighted by atomic mass is 9.96. The second-order valence-electron chi connectivity index (χ2n) is 5.26. The Hall–Kier alpha value is -1.31. The van der Waals surface area contributed by atoms with Gasteiger partial charge in [-0.15, -0.1) is 0 Å². The molecular formula is C14H18ClNO5S. The molecule has 0 radical (unpaired) electrons. The van der Waals surface area contributed by atoms with Crippen LogP contribution in [0.25, 0.3) is 0 Å². The van der Waals surface area contributed by atoms with Crippen molar-refractivity contribution in [1.29, 1.82) is 0 Å². The van der Waals surface area contributed by atoms with Crippen molar-refractivity contribution in [3.63, 3.8) is 0 Å². The van der Waals surface area contributed by atoms with Gasteiger partial charge in [0, 0.05) is 17.3 Å². The smallest absolute Gasteiger partial charge is 0.407 e. The predicted molar refractivity (Wildman–Crippen MR) is 82.2 cm³/mol. The average Bonchev–Trinajstić information content (AvgIpc) is 2.93. The van der Waals surface area contributed by atoms with Gasteiger partial charge in [0.15, 0.2) is 0 Å². The molecule has 8 heteroatoms. The van der Waals surface area contributed by atoms with Gasteiger partial charge in [0.05, 0.1) is 17.9 Å². The lowest BCUT2D eigenvalue weighted by Gasteiger charge is -2.27.